The van der Waals surface area contributed by atoms with Crippen molar-refractivity contribution in [3.63, 3.8) is 0 Å². The quantitative estimate of drug-likeness (QED) is 0.339. The second-order valence-corrected chi connectivity index (χ2v) is 8.31. The highest BCUT2D eigenvalue weighted by Gasteiger charge is 2.17. The summed E-state index contributed by atoms with van der Waals surface area (Å²) in [6.07, 6.45) is 0. The van der Waals surface area contributed by atoms with Gasteiger partial charge in [0.25, 0.3) is 0 Å². The van der Waals surface area contributed by atoms with Gasteiger partial charge in [-0.1, -0.05) is 0 Å². The minimum Gasteiger partial charge on any atom is -0.726 e. The number of hydrogen-bond acceptors (Lipinski definition) is 4. The zero-order chi connectivity index (χ0) is 7.71. The average Bonchev–Trinajstić information content (AvgIpc) is 1.14. The molecule has 0 unspecified atom stereocenters. The summed E-state index contributed by atoms with van der Waals surface area (Å²) in [5.41, 5.74) is 0. The largest absolute Gasteiger partial charge is 0.726 e. The van der Waals surface area contributed by atoms with E-state index in [1.807, 2.05) is 0 Å². The fourth-order valence-corrected chi connectivity index (χ4v) is 2.76. The van der Waals surface area contributed by atoms with Crippen LogP contribution < -0.4 is 0 Å². The van der Waals surface area contributed by atoms with E-state index in [0.29, 0.717) is 0 Å². The van der Waals surface area contributed by atoms with E-state index in [4.69, 9.17) is 0 Å². The monoisotopic (exact) mass is 169 g/mol. The van der Waals surface area contributed by atoms with Gasteiger partial charge in [-0.25, -0.2) is 8.42 Å². The van der Waals surface area contributed by atoms with Gasteiger partial charge in [0.1, 0.15) is 0 Å². The third-order valence-corrected chi connectivity index (χ3v) is 3.17. The summed E-state index contributed by atoms with van der Waals surface area (Å²) < 4.78 is 33.9. The van der Waals surface area contributed by atoms with Gasteiger partial charge >= 0.3 is 0 Å². The Morgan fingerprint density at radius 3 is 1.67 bits per heavy atom. The predicted molar refractivity (Wildman–Crippen MR) is 34.1 cm³/mol. The van der Waals surface area contributed by atoms with Crippen LogP contribution in [0.3, 0.4) is 0 Å². The maximum atomic E-state index is 9.90. The van der Waals surface area contributed by atoms with Crippen LogP contribution in [0, 0.1) is 0 Å². The standard InChI is InChI=1S/C3H10O4SSi/c1-9(2,3)7-8(4,5)6/h1-3H3,(H,4,5,6)/p-1. The minimum absolute atomic E-state index is 1.63. The molecule has 56 valence electrons. The van der Waals surface area contributed by atoms with E-state index < -0.39 is 18.7 Å². The Morgan fingerprint density at radius 1 is 1.33 bits per heavy atom. The predicted octanol–water partition coefficient (Wildman–Crippen LogP) is 0.298. The van der Waals surface area contributed by atoms with Crippen molar-refractivity contribution in [1.29, 1.82) is 0 Å². The molecule has 4 nitrogen and oxygen atoms in total. The molecule has 0 N–H and O–H groups in total. The maximum Gasteiger partial charge on any atom is 0.207 e. The molecule has 0 heterocycles. The summed E-state index contributed by atoms with van der Waals surface area (Å²) in [5, 5.41) is 0. The smallest absolute Gasteiger partial charge is 0.207 e. The van der Waals surface area contributed by atoms with Crippen molar-refractivity contribution >= 4 is 18.7 Å². The van der Waals surface area contributed by atoms with Crippen LogP contribution >= 0.6 is 0 Å². The van der Waals surface area contributed by atoms with Crippen LogP contribution in [0.5, 0.6) is 0 Å². The fourth-order valence-electron chi connectivity index (χ4n) is 0.306. The molecule has 0 fully saturated rings. The molecule has 0 aliphatic heterocycles. The highest BCUT2D eigenvalue weighted by molar-refractivity contribution is 7.82. The van der Waals surface area contributed by atoms with Crippen molar-refractivity contribution in [2.24, 2.45) is 0 Å². The summed E-state index contributed by atoms with van der Waals surface area (Å²) in [7, 11) is -6.66. The molecule has 0 aliphatic rings. The fraction of sp³-hybridized carbons (Fsp3) is 1.00. The van der Waals surface area contributed by atoms with E-state index in [1.165, 1.54) is 0 Å². The Hall–Kier alpha value is 0.0869. The molecule has 0 saturated heterocycles. The Bertz CT molecular complexity index is 176. The first-order valence-electron chi connectivity index (χ1n) is 2.37. The molecular formula is C3H9O4SSi-. The van der Waals surface area contributed by atoms with Crippen molar-refractivity contribution in [1.82, 2.24) is 0 Å². The molecule has 0 aromatic heterocycles. The van der Waals surface area contributed by atoms with E-state index >= 15 is 0 Å². The van der Waals surface area contributed by atoms with Gasteiger partial charge in [0.2, 0.25) is 18.7 Å². The van der Waals surface area contributed by atoms with Gasteiger partial charge in [0.15, 0.2) is 0 Å². The van der Waals surface area contributed by atoms with Crippen LogP contribution in [0.2, 0.25) is 19.6 Å². The van der Waals surface area contributed by atoms with E-state index in [-0.39, 0.29) is 0 Å². The summed E-state index contributed by atoms with van der Waals surface area (Å²) in [6, 6.07) is 0. The Kier molecular flexibility index (Phi) is 2.39. The molecule has 0 aromatic rings. The van der Waals surface area contributed by atoms with Crippen LogP contribution in [-0.4, -0.2) is 21.3 Å². The third-order valence-electron chi connectivity index (χ3n) is 0.352. The molecule has 0 spiro atoms. The zero-order valence-electron chi connectivity index (χ0n) is 5.54. The van der Waals surface area contributed by atoms with Crippen molar-refractivity contribution in [3.8, 4) is 0 Å². The average molecular weight is 169 g/mol. The summed E-state index contributed by atoms with van der Waals surface area (Å²) in [4.78, 5) is 0. The van der Waals surface area contributed by atoms with Gasteiger partial charge in [-0.15, -0.1) is 0 Å². The summed E-state index contributed by atoms with van der Waals surface area (Å²) in [6.45, 7) is 4.88. The van der Waals surface area contributed by atoms with E-state index in [9.17, 15) is 13.0 Å². The van der Waals surface area contributed by atoms with E-state index in [1.54, 1.807) is 19.6 Å². The molecule has 0 radical (unpaired) electrons. The maximum absolute atomic E-state index is 9.90. The summed E-state index contributed by atoms with van der Waals surface area (Å²) in [5.74, 6) is 0. The SMILES string of the molecule is C[Si](C)(C)OS(=O)(=O)[O-]. The first-order valence-corrected chi connectivity index (χ1v) is 7.11. The van der Waals surface area contributed by atoms with Crippen LogP contribution in [-0.2, 0) is 14.3 Å². The molecule has 6 heteroatoms. The highest BCUT2D eigenvalue weighted by atomic mass is 32.3. The first-order chi connectivity index (χ1) is 3.71. The lowest BCUT2D eigenvalue weighted by atomic mass is 11.8. The second-order valence-electron chi connectivity index (χ2n) is 2.60. The zero-order valence-corrected chi connectivity index (χ0v) is 7.36. The van der Waals surface area contributed by atoms with E-state index in [0.717, 1.165) is 0 Å². The lowest BCUT2D eigenvalue weighted by molar-refractivity contribution is 0.371. The van der Waals surface area contributed by atoms with Crippen LogP contribution in [0.15, 0.2) is 0 Å². The lowest BCUT2D eigenvalue weighted by Crippen LogP contribution is -2.28. The molecule has 0 atom stereocenters. The molecule has 0 saturated carbocycles. The molecule has 9 heavy (non-hydrogen) atoms. The first kappa shape index (κ1) is 9.09. The van der Waals surface area contributed by atoms with Crippen molar-refractivity contribution in [2.75, 3.05) is 0 Å². The number of hydrogen-bond donors (Lipinski definition) is 0. The lowest BCUT2D eigenvalue weighted by Gasteiger charge is -2.18. The van der Waals surface area contributed by atoms with Gasteiger partial charge in [0, 0.05) is 0 Å². The molecule has 0 bridgehead atoms. The van der Waals surface area contributed by atoms with E-state index in [2.05, 4.69) is 3.87 Å². The van der Waals surface area contributed by atoms with Gasteiger partial charge in [0.05, 0.1) is 0 Å². The Morgan fingerprint density at radius 2 is 1.67 bits per heavy atom. The number of rotatable bonds is 2. The van der Waals surface area contributed by atoms with Crippen LogP contribution in [0.1, 0.15) is 0 Å². The third kappa shape index (κ3) is 8.09. The van der Waals surface area contributed by atoms with Crippen molar-refractivity contribution < 1.29 is 16.8 Å². The Labute approximate surface area is 55.9 Å². The topological polar surface area (TPSA) is 66.4 Å². The molecular weight excluding hydrogens is 160 g/mol. The molecule has 0 aliphatic carbocycles. The van der Waals surface area contributed by atoms with Gasteiger partial charge in [-0.2, -0.15) is 0 Å². The molecule has 0 aromatic carbocycles. The molecule has 0 rings (SSSR count). The summed E-state index contributed by atoms with van der Waals surface area (Å²) >= 11 is 0. The normalized spacial score (nSPS) is 13.8. The van der Waals surface area contributed by atoms with Gasteiger partial charge in [-0.05, 0) is 19.6 Å². The minimum atomic E-state index is -4.47. The highest BCUT2D eigenvalue weighted by Crippen LogP contribution is 2.05. The van der Waals surface area contributed by atoms with Gasteiger partial charge < -0.3 is 8.42 Å². The van der Waals surface area contributed by atoms with Crippen LogP contribution in [0.4, 0.5) is 0 Å². The second kappa shape index (κ2) is 2.37. The van der Waals surface area contributed by atoms with Crippen molar-refractivity contribution in [2.45, 2.75) is 19.6 Å². The Balaban J connectivity index is 4.07. The molecule has 0 amide bonds. The van der Waals surface area contributed by atoms with Crippen molar-refractivity contribution in [3.05, 3.63) is 0 Å². The van der Waals surface area contributed by atoms with Crippen LogP contribution in [0.25, 0.3) is 0 Å². The van der Waals surface area contributed by atoms with Gasteiger partial charge in [-0.3, -0.25) is 0 Å².